The fourth-order valence-corrected chi connectivity index (χ4v) is 4.25. The number of hydrogen-bond donors (Lipinski definition) is 4. The number of phenolic OH excluding ortho intramolecular Hbond substituents is 1. The van der Waals surface area contributed by atoms with E-state index in [2.05, 4.69) is 19.4 Å². The second kappa shape index (κ2) is 8.67. The number of rotatable bonds is 6. The van der Waals surface area contributed by atoms with Crippen molar-refractivity contribution in [2.75, 3.05) is 11.3 Å². The van der Waals surface area contributed by atoms with Gasteiger partial charge in [-0.05, 0) is 50.2 Å². The van der Waals surface area contributed by atoms with Crippen molar-refractivity contribution in [2.45, 2.75) is 19.4 Å². The molecular weight excluding hydrogens is 458 g/mol. The Morgan fingerprint density at radius 1 is 1.18 bits per heavy atom. The Labute approximate surface area is 196 Å². The van der Waals surface area contributed by atoms with Crippen LogP contribution in [0.2, 0.25) is 0 Å². The van der Waals surface area contributed by atoms with Gasteiger partial charge in [0.25, 0.3) is 5.91 Å². The minimum Gasteiger partial charge on any atom is -0.508 e. The van der Waals surface area contributed by atoms with Gasteiger partial charge in [0.1, 0.15) is 18.1 Å². The molecule has 0 radical (unpaired) electrons. The Bertz CT molecular complexity index is 1400. The zero-order valence-corrected chi connectivity index (χ0v) is 19.3. The Balaban J connectivity index is 1.48. The lowest BCUT2D eigenvalue weighted by Crippen LogP contribution is -2.48. The SMILES string of the molecule is CC(C)(COc1cccc2c1C(N)=NS(=O)(=O)N2)NC(=O)c1ccnc(-c2cccc(O)c2)c1. The number of nitrogens with zero attached hydrogens (tertiary/aromatic N) is 2. The highest BCUT2D eigenvalue weighted by atomic mass is 32.2. The van der Waals surface area contributed by atoms with E-state index in [1.165, 1.54) is 6.20 Å². The normalized spacial score (nSPS) is 14.4. The summed E-state index contributed by atoms with van der Waals surface area (Å²) in [6, 6.07) is 14.7. The first kappa shape index (κ1) is 23.1. The van der Waals surface area contributed by atoms with Gasteiger partial charge < -0.3 is 20.9 Å². The fraction of sp³-hybridized carbons (Fsp3) is 0.174. The molecule has 34 heavy (non-hydrogen) atoms. The number of anilines is 1. The van der Waals surface area contributed by atoms with Crippen LogP contribution in [0.25, 0.3) is 11.3 Å². The van der Waals surface area contributed by atoms with E-state index in [9.17, 15) is 18.3 Å². The second-order valence-corrected chi connectivity index (χ2v) is 9.68. The number of nitrogens with one attached hydrogen (secondary N) is 2. The van der Waals surface area contributed by atoms with Gasteiger partial charge >= 0.3 is 10.2 Å². The van der Waals surface area contributed by atoms with Gasteiger partial charge in [-0.2, -0.15) is 8.42 Å². The lowest BCUT2D eigenvalue weighted by molar-refractivity contribution is 0.0880. The van der Waals surface area contributed by atoms with Crippen LogP contribution in [0.1, 0.15) is 29.8 Å². The number of benzene rings is 2. The maximum Gasteiger partial charge on any atom is 0.344 e. The molecule has 1 aromatic heterocycles. The van der Waals surface area contributed by atoms with Crippen molar-refractivity contribution in [1.82, 2.24) is 10.3 Å². The highest BCUT2D eigenvalue weighted by Crippen LogP contribution is 2.31. The van der Waals surface area contributed by atoms with Crippen molar-refractivity contribution in [3.63, 3.8) is 0 Å². The average Bonchev–Trinajstić information content (AvgIpc) is 2.76. The molecule has 0 fully saturated rings. The van der Waals surface area contributed by atoms with Gasteiger partial charge in [-0.15, -0.1) is 4.40 Å². The predicted octanol–water partition coefficient (Wildman–Crippen LogP) is 2.42. The highest BCUT2D eigenvalue weighted by Gasteiger charge is 2.27. The van der Waals surface area contributed by atoms with E-state index in [1.807, 2.05) is 0 Å². The molecule has 2 heterocycles. The fourth-order valence-electron chi connectivity index (χ4n) is 3.41. The summed E-state index contributed by atoms with van der Waals surface area (Å²) in [6.07, 6.45) is 1.53. The smallest absolute Gasteiger partial charge is 0.344 e. The third kappa shape index (κ3) is 5.09. The molecule has 1 aliphatic rings. The Kier molecular flexibility index (Phi) is 5.88. The van der Waals surface area contributed by atoms with Crippen molar-refractivity contribution < 1.29 is 23.1 Å². The van der Waals surface area contributed by atoms with Gasteiger partial charge in [0, 0.05) is 17.3 Å². The number of carbonyl (C=O) groups is 1. The third-order valence-electron chi connectivity index (χ3n) is 4.94. The lowest BCUT2D eigenvalue weighted by atomic mass is 10.0. The number of aromatic hydroxyl groups is 1. The second-order valence-electron chi connectivity index (χ2n) is 8.34. The van der Waals surface area contributed by atoms with Crippen LogP contribution in [0.5, 0.6) is 11.5 Å². The molecule has 0 aliphatic carbocycles. The number of ether oxygens (including phenoxy) is 1. The number of nitrogens with two attached hydrogens (primary N) is 1. The van der Waals surface area contributed by atoms with Crippen molar-refractivity contribution in [2.24, 2.45) is 10.1 Å². The first-order chi connectivity index (χ1) is 16.0. The maximum atomic E-state index is 12.9. The van der Waals surface area contributed by atoms with Crippen LogP contribution in [0, 0.1) is 0 Å². The molecule has 3 aromatic rings. The van der Waals surface area contributed by atoms with Gasteiger partial charge in [-0.1, -0.05) is 18.2 Å². The van der Waals surface area contributed by atoms with Crippen LogP contribution in [-0.2, 0) is 10.2 Å². The quantitative estimate of drug-likeness (QED) is 0.421. The van der Waals surface area contributed by atoms with Crippen LogP contribution in [0.15, 0.2) is 65.2 Å². The molecule has 1 aliphatic heterocycles. The summed E-state index contributed by atoms with van der Waals surface area (Å²) < 4.78 is 35.2. The average molecular weight is 482 g/mol. The summed E-state index contributed by atoms with van der Waals surface area (Å²) in [7, 11) is -3.90. The van der Waals surface area contributed by atoms with Gasteiger partial charge in [-0.3, -0.25) is 14.5 Å². The molecule has 10 nitrogen and oxygen atoms in total. The zero-order valence-electron chi connectivity index (χ0n) is 18.4. The highest BCUT2D eigenvalue weighted by molar-refractivity contribution is 7.91. The van der Waals surface area contributed by atoms with Crippen LogP contribution >= 0.6 is 0 Å². The molecule has 0 saturated heterocycles. The molecule has 0 saturated carbocycles. The molecule has 0 atom stereocenters. The topological polar surface area (TPSA) is 156 Å². The molecule has 176 valence electrons. The largest absolute Gasteiger partial charge is 0.508 e. The van der Waals surface area contributed by atoms with Crippen molar-refractivity contribution in [3.8, 4) is 22.8 Å². The Morgan fingerprint density at radius 2 is 1.94 bits per heavy atom. The zero-order chi connectivity index (χ0) is 24.5. The Hall–Kier alpha value is -4.12. The third-order valence-corrected chi connectivity index (χ3v) is 5.86. The van der Waals surface area contributed by atoms with Crippen molar-refractivity contribution >= 4 is 27.6 Å². The molecule has 1 amide bonds. The molecule has 5 N–H and O–H groups in total. The van der Waals surface area contributed by atoms with E-state index in [0.717, 1.165) is 0 Å². The van der Waals surface area contributed by atoms with E-state index in [0.29, 0.717) is 28.1 Å². The summed E-state index contributed by atoms with van der Waals surface area (Å²) in [5.74, 6) is -0.0728. The monoisotopic (exact) mass is 481 g/mol. The van der Waals surface area contributed by atoms with E-state index in [4.69, 9.17) is 10.5 Å². The minimum absolute atomic E-state index is 0.0692. The van der Waals surface area contributed by atoms with Gasteiger partial charge in [0.05, 0.1) is 22.5 Å². The summed E-state index contributed by atoms with van der Waals surface area (Å²) in [5.41, 5.74) is 7.28. The summed E-state index contributed by atoms with van der Waals surface area (Å²) >= 11 is 0. The molecule has 0 unspecified atom stereocenters. The Morgan fingerprint density at radius 3 is 2.71 bits per heavy atom. The van der Waals surface area contributed by atoms with Crippen LogP contribution in [-0.4, -0.2) is 42.4 Å². The number of amides is 1. The summed E-state index contributed by atoms with van der Waals surface area (Å²) in [4.78, 5) is 17.2. The first-order valence-electron chi connectivity index (χ1n) is 10.3. The number of pyridine rings is 1. The standard InChI is InChI=1S/C23H23N5O5S/c1-23(2,13-33-19-8-4-7-17-20(19)21(24)28-34(31,32)27-17)26-22(30)15-9-10-25-18(12-15)14-5-3-6-16(29)11-14/h3-12,27,29H,13H2,1-2H3,(H2,24,28)(H,26,30). The number of phenols is 1. The number of aromatic nitrogens is 1. The van der Waals surface area contributed by atoms with Crippen molar-refractivity contribution in [3.05, 3.63) is 71.9 Å². The molecule has 2 aromatic carbocycles. The number of fused-ring (bicyclic) bond motifs is 1. The summed E-state index contributed by atoms with van der Waals surface area (Å²) in [5, 5.41) is 12.6. The predicted molar refractivity (Wildman–Crippen MR) is 128 cm³/mol. The minimum atomic E-state index is -3.90. The van der Waals surface area contributed by atoms with Crippen LogP contribution in [0.3, 0.4) is 0 Å². The van der Waals surface area contributed by atoms with Crippen LogP contribution in [0.4, 0.5) is 5.69 Å². The molecule has 0 spiro atoms. The summed E-state index contributed by atoms with van der Waals surface area (Å²) in [6.45, 7) is 3.65. The first-order valence-corrected chi connectivity index (χ1v) is 11.7. The van der Waals surface area contributed by atoms with E-state index >= 15 is 0 Å². The number of amidine groups is 1. The molecule has 11 heteroatoms. The van der Waals surface area contributed by atoms with E-state index < -0.39 is 15.7 Å². The van der Waals surface area contributed by atoms with E-state index in [1.54, 1.807) is 68.4 Å². The van der Waals surface area contributed by atoms with Gasteiger partial charge in [-0.25, -0.2) is 0 Å². The number of hydrogen-bond acceptors (Lipinski definition) is 7. The lowest BCUT2D eigenvalue weighted by Gasteiger charge is -2.27. The van der Waals surface area contributed by atoms with E-state index in [-0.39, 0.29) is 29.8 Å². The molecule has 0 bridgehead atoms. The van der Waals surface area contributed by atoms with Crippen LogP contribution < -0.4 is 20.5 Å². The number of carbonyl (C=O) groups excluding carboxylic acids is 1. The maximum absolute atomic E-state index is 12.9. The molecular formula is C23H23N5O5S. The van der Waals surface area contributed by atoms with Gasteiger partial charge in [0.2, 0.25) is 0 Å². The molecule has 4 rings (SSSR count). The van der Waals surface area contributed by atoms with Crippen molar-refractivity contribution in [1.29, 1.82) is 0 Å². The van der Waals surface area contributed by atoms with Gasteiger partial charge in [0.15, 0.2) is 5.84 Å².